The van der Waals surface area contributed by atoms with Crippen molar-refractivity contribution in [3.63, 3.8) is 0 Å². The summed E-state index contributed by atoms with van der Waals surface area (Å²) in [4.78, 5) is 14.3. The Hall–Kier alpha value is -0.570. The standard InChI is InChI=1S/C15H30N2O/c1-4-7-13-8-6-10-17(11-9-13)15(18)14(16)12(3)5-2/h12-14H,4-11,16H2,1-3H3/t12-,13?,14-/m0/s1. The summed E-state index contributed by atoms with van der Waals surface area (Å²) in [5, 5.41) is 0. The molecule has 1 amide bonds. The molecule has 1 saturated heterocycles. The van der Waals surface area contributed by atoms with E-state index < -0.39 is 0 Å². The van der Waals surface area contributed by atoms with Gasteiger partial charge in [0, 0.05) is 13.1 Å². The molecule has 1 rings (SSSR count). The zero-order valence-electron chi connectivity index (χ0n) is 12.3. The van der Waals surface area contributed by atoms with E-state index in [1.54, 1.807) is 0 Å². The summed E-state index contributed by atoms with van der Waals surface area (Å²) in [5.74, 6) is 1.27. The lowest BCUT2D eigenvalue weighted by Gasteiger charge is -2.27. The average Bonchev–Trinajstić information content (AvgIpc) is 2.62. The predicted molar refractivity (Wildman–Crippen MR) is 76.3 cm³/mol. The third-order valence-corrected chi connectivity index (χ3v) is 4.40. The van der Waals surface area contributed by atoms with Gasteiger partial charge in [0.25, 0.3) is 0 Å². The fraction of sp³-hybridized carbons (Fsp3) is 0.933. The summed E-state index contributed by atoms with van der Waals surface area (Å²) in [5.41, 5.74) is 6.06. The maximum absolute atomic E-state index is 12.3. The van der Waals surface area contributed by atoms with Crippen LogP contribution in [0.25, 0.3) is 0 Å². The third kappa shape index (κ3) is 4.27. The molecule has 2 N–H and O–H groups in total. The first-order valence-corrected chi connectivity index (χ1v) is 7.64. The molecule has 3 heteroatoms. The van der Waals surface area contributed by atoms with Crippen LogP contribution in [0.15, 0.2) is 0 Å². The van der Waals surface area contributed by atoms with Crippen LogP contribution in [0.2, 0.25) is 0 Å². The van der Waals surface area contributed by atoms with E-state index in [1.807, 2.05) is 4.90 Å². The summed E-state index contributed by atoms with van der Waals surface area (Å²) < 4.78 is 0. The first-order chi connectivity index (χ1) is 8.60. The van der Waals surface area contributed by atoms with Crippen LogP contribution in [0.1, 0.15) is 59.3 Å². The lowest BCUT2D eigenvalue weighted by Crippen LogP contribution is -2.47. The number of rotatable bonds is 5. The highest BCUT2D eigenvalue weighted by Gasteiger charge is 2.26. The molecule has 0 aliphatic carbocycles. The lowest BCUT2D eigenvalue weighted by molar-refractivity contribution is -0.133. The Morgan fingerprint density at radius 1 is 1.33 bits per heavy atom. The number of nitrogens with zero attached hydrogens (tertiary/aromatic N) is 1. The Morgan fingerprint density at radius 2 is 2.06 bits per heavy atom. The van der Waals surface area contributed by atoms with Crippen molar-refractivity contribution in [3.8, 4) is 0 Å². The molecule has 1 unspecified atom stereocenters. The van der Waals surface area contributed by atoms with Crippen molar-refractivity contribution < 1.29 is 4.79 Å². The van der Waals surface area contributed by atoms with Gasteiger partial charge in [0.15, 0.2) is 0 Å². The summed E-state index contributed by atoms with van der Waals surface area (Å²) >= 11 is 0. The topological polar surface area (TPSA) is 46.3 Å². The van der Waals surface area contributed by atoms with Gasteiger partial charge in [-0.15, -0.1) is 0 Å². The van der Waals surface area contributed by atoms with Crippen LogP contribution < -0.4 is 5.73 Å². The second-order valence-corrected chi connectivity index (χ2v) is 5.82. The molecule has 0 saturated carbocycles. The van der Waals surface area contributed by atoms with Gasteiger partial charge in [-0.3, -0.25) is 4.79 Å². The molecule has 0 aromatic rings. The van der Waals surface area contributed by atoms with Crippen molar-refractivity contribution in [1.82, 2.24) is 4.90 Å². The zero-order valence-corrected chi connectivity index (χ0v) is 12.3. The van der Waals surface area contributed by atoms with Gasteiger partial charge in [-0.2, -0.15) is 0 Å². The number of hydrogen-bond donors (Lipinski definition) is 1. The Bertz CT molecular complexity index is 255. The van der Waals surface area contributed by atoms with Gasteiger partial charge in [-0.25, -0.2) is 0 Å². The third-order valence-electron chi connectivity index (χ3n) is 4.40. The normalized spacial score (nSPS) is 24.4. The van der Waals surface area contributed by atoms with E-state index in [0.29, 0.717) is 0 Å². The minimum Gasteiger partial charge on any atom is -0.341 e. The second-order valence-electron chi connectivity index (χ2n) is 5.82. The van der Waals surface area contributed by atoms with Crippen LogP contribution in [-0.2, 0) is 4.79 Å². The van der Waals surface area contributed by atoms with Gasteiger partial charge < -0.3 is 10.6 Å². The van der Waals surface area contributed by atoms with Crippen molar-refractivity contribution >= 4 is 5.91 Å². The molecule has 0 spiro atoms. The zero-order chi connectivity index (χ0) is 13.5. The molecule has 106 valence electrons. The number of carbonyl (C=O) groups is 1. The van der Waals surface area contributed by atoms with Crippen molar-refractivity contribution in [1.29, 1.82) is 0 Å². The van der Waals surface area contributed by atoms with Gasteiger partial charge in [0.1, 0.15) is 0 Å². The highest BCUT2D eigenvalue weighted by Crippen LogP contribution is 2.22. The molecule has 0 bridgehead atoms. The minimum absolute atomic E-state index is 0.168. The maximum Gasteiger partial charge on any atom is 0.239 e. The summed E-state index contributed by atoms with van der Waals surface area (Å²) in [6.45, 7) is 8.22. The van der Waals surface area contributed by atoms with Crippen LogP contribution in [0, 0.1) is 11.8 Å². The monoisotopic (exact) mass is 254 g/mol. The summed E-state index contributed by atoms with van der Waals surface area (Å²) in [6, 6.07) is -0.308. The van der Waals surface area contributed by atoms with Crippen molar-refractivity contribution in [3.05, 3.63) is 0 Å². The molecule has 3 atom stereocenters. The smallest absolute Gasteiger partial charge is 0.239 e. The van der Waals surface area contributed by atoms with Crippen molar-refractivity contribution in [2.45, 2.75) is 65.3 Å². The SMILES string of the molecule is CCCC1CCCN(C(=O)[C@@H](N)[C@@H](C)CC)CC1. The van der Waals surface area contributed by atoms with Crippen LogP contribution in [0.3, 0.4) is 0 Å². The van der Waals surface area contributed by atoms with Gasteiger partial charge in [0.05, 0.1) is 6.04 Å². The Morgan fingerprint density at radius 3 is 2.67 bits per heavy atom. The molecule has 0 radical (unpaired) electrons. The Balaban J connectivity index is 2.49. The maximum atomic E-state index is 12.3. The van der Waals surface area contributed by atoms with Gasteiger partial charge in [0.2, 0.25) is 5.91 Å². The number of nitrogens with two attached hydrogens (primary N) is 1. The highest BCUT2D eigenvalue weighted by molar-refractivity contribution is 5.82. The second kappa shape index (κ2) is 7.78. The molecule has 18 heavy (non-hydrogen) atoms. The number of carbonyl (C=O) groups excluding carboxylic acids is 1. The average molecular weight is 254 g/mol. The quantitative estimate of drug-likeness (QED) is 0.820. The molecule has 1 aliphatic rings. The molecule has 1 aliphatic heterocycles. The van der Waals surface area contributed by atoms with Gasteiger partial charge >= 0.3 is 0 Å². The molecule has 1 heterocycles. The van der Waals surface area contributed by atoms with E-state index >= 15 is 0 Å². The first-order valence-electron chi connectivity index (χ1n) is 7.64. The first kappa shape index (κ1) is 15.5. The fourth-order valence-electron chi connectivity index (χ4n) is 2.79. The highest BCUT2D eigenvalue weighted by atomic mass is 16.2. The Kier molecular flexibility index (Phi) is 6.69. The number of amides is 1. The number of hydrogen-bond acceptors (Lipinski definition) is 2. The van der Waals surface area contributed by atoms with E-state index in [4.69, 9.17) is 5.73 Å². The van der Waals surface area contributed by atoms with Crippen molar-refractivity contribution in [2.24, 2.45) is 17.6 Å². The van der Waals surface area contributed by atoms with E-state index in [9.17, 15) is 4.79 Å². The molecule has 0 aromatic heterocycles. The molecule has 0 aromatic carbocycles. The van der Waals surface area contributed by atoms with Crippen molar-refractivity contribution in [2.75, 3.05) is 13.1 Å². The number of likely N-dealkylation sites (tertiary alicyclic amines) is 1. The van der Waals surface area contributed by atoms with E-state index in [0.717, 1.165) is 38.3 Å². The van der Waals surface area contributed by atoms with Crippen LogP contribution in [0.4, 0.5) is 0 Å². The van der Waals surface area contributed by atoms with Crippen LogP contribution >= 0.6 is 0 Å². The Labute approximate surface area is 112 Å². The van der Waals surface area contributed by atoms with E-state index in [-0.39, 0.29) is 17.9 Å². The van der Waals surface area contributed by atoms with E-state index in [2.05, 4.69) is 20.8 Å². The fourth-order valence-corrected chi connectivity index (χ4v) is 2.79. The summed E-state index contributed by atoms with van der Waals surface area (Å²) in [7, 11) is 0. The molecular formula is C15H30N2O. The van der Waals surface area contributed by atoms with Crippen LogP contribution in [0.5, 0.6) is 0 Å². The molecule has 1 fully saturated rings. The van der Waals surface area contributed by atoms with Gasteiger partial charge in [-0.1, -0.05) is 40.0 Å². The van der Waals surface area contributed by atoms with Gasteiger partial charge in [-0.05, 0) is 31.1 Å². The van der Waals surface area contributed by atoms with Crippen LogP contribution in [-0.4, -0.2) is 29.9 Å². The summed E-state index contributed by atoms with van der Waals surface area (Å²) in [6.07, 6.45) is 7.11. The van der Waals surface area contributed by atoms with E-state index in [1.165, 1.54) is 19.3 Å². The molecular weight excluding hydrogens is 224 g/mol. The minimum atomic E-state index is -0.308. The largest absolute Gasteiger partial charge is 0.341 e. The predicted octanol–water partition coefficient (Wildman–Crippen LogP) is 2.79. The lowest BCUT2D eigenvalue weighted by atomic mass is 9.96. The molecule has 3 nitrogen and oxygen atoms in total.